The number of rotatable bonds is 2. The van der Waals surface area contributed by atoms with Crippen molar-refractivity contribution in [2.45, 2.75) is 32.1 Å². The maximum absolute atomic E-state index is 12.6. The summed E-state index contributed by atoms with van der Waals surface area (Å²) in [5.41, 5.74) is 7.50. The molecular formula is C15H22N2O2S. The van der Waals surface area contributed by atoms with E-state index in [0.717, 1.165) is 6.42 Å². The number of nitrogen functional groups attached to an aromatic ring is 1. The first-order valence-corrected chi connectivity index (χ1v) is 8.21. The van der Waals surface area contributed by atoms with Gasteiger partial charge in [0.1, 0.15) is 4.90 Å². The molecule has 0 spiro atoms. The molecule has 0 atom stereocenters. The van der Waals surface area contributed by atoms with E-state index in [9.17, 15) is 8.42 Å². The SMILES string of the molecule is CC(C)(C)C1=CCN(S(=O)(=O)c2ccccc2N)CC1. The van der Waals surface area contributed by atoms with Gasteiger partial charge in [0.15, 0.2) is 0 Å². The van der Waals surface area contributed by atoms with E-state index in [0.29, 0.717) is 18.8 Å². The molecule has 2 rings (SSSR count). The van der Waals surface area contributed by atoms with Gasteiger partial charge in [0.25, 0.3) is 0 Å². The Balaban J connectivity index is 2.27. The average molecular weight is 294 g/mol. The lowest BCUT2D eigenvalue weighted by Crippen LogP contribution is -2.36. The monoisotopic (exact) mass is 294 g/mol. The van der Waals surface area contributed by atoms with Crippen molar-refractivity contribution >= 4 is 15.7 Å². The van der Waals surface area contributed by atoms with Gasteiger partial charge >= 0.3 is 0 Å². The van der Waals surface area contributed by atoms with Crippen LogP contribution in [-0.4, -0.2) is 25.8 Å². The van der Waals surface area contributed by atoms with Gasteiger partial charge in [-0.1, -0.05) is 44.6 Å². The number of hydrogen-bond acceptors (Lipinski definition) is 3. The smallest absolute Gasteiger partial charge is 0.245 e. The Morgan fingerprint density at radius 1 is 1.20 bits per heavy atom. The highest BCUT2D eigenvalue weighted by Crippen LogP contribution is 2.32. The largest absolute Gasteiger partial charge is 0.398 e. The molecule has 1 aromatic rings. The number of anilines is 1. The second kappa shape index (κ2) is 5.22. The van der Waals surface area contributed by atoms with E-state index < -0.39 is 10.0 Å². The second-order valence-corrected chi connectivity index (χ2v) is 8.04. The van der Waals surface area contributed by atoms with E-state index in [1.165, 1.54) is 9.88 Å². The summed E-state index contributed by atoms with van der Waals surface area (Å²) in [5, 5.41) is 0. The van der Waals surface area contributed by atoms with Crippen molar-refractivity contribution in [3.8, 4) is 0 Å². The molecule has 20 heavy (non-hydrogen) atoms. The van der Waals surface area contributed by atoms with Gasteiger partial charge in [-0.25, -0.2) is 8.42 Å². The van der Waals surface area contributed by atoms with E-state index in [-0.39, 0.29) is 10.3 Å². The van der Waals surface area contributed by atoms with E-state index in [2.05, 4.69) is 20.8 Å². The summed E-state index contributed by atoms with van der Waals surface area (Å²) in [6.45, 7) is 7.39. The number of benzene rings is 1. The Labute approximate surface area is 121 Å². The van der Waals surface area contributed by atoms with Crippen molar-refractivity contribution in [2.75, 3.05) is 18.8 Å². The maximum atomic E-state index is 12.6. The van der Waals surface area contributed by atoms with Crippen LogP contribution in [0.1, 0.15) is 27.2 Å². The molecule has 1 aliphatic rings. The van der Waals surface area contributed by atoms with Gasteiger partial charge < -0.3 is 5.73 Å². The number of para-hydroxylation sites is 1. The van der Waals surface area contributed by atoms with Gasteiger partial charge in [0.05, 0.1) is 5.69 Å². The molecule has 4 nitrogen and oxygen atoms in total. The van der Waals surface area contributed by atoms with Crippen LogP contribution in [0.25, 0.3) is 0 Å². The van der Waals surface area contributed by atoms with Crippen molar-refractivity contribution in [2.24, 2.45) is 5.41 Å². The molecule has 0 bridgehead atoms. The molecule has 0 amide bonds. The standard InChI is InChI=1S/C15H22N2O2S/c1-15(2,3)12-8-10-17(11-9-12)20(18,19)14-7-5-4-6-13(14)16/h4-8H,9-11,16H2,1-3H3. The third-order valence-electron chi connectivity index (χ3n) is 3.67. The molecule has 1 aromatic carbocycles. The minimum Gasteiger partial charge on any atom is -0.398 e. The van der Waals surface area contributed by atoms with Crippen LogP contribution in [0, 0.1) is 5.41 Å². The van der Waals surface area contributed by atoms with E-state index in [4.69, 9.17) is 5.73 Å². The molecule has 5 heteroatoms. The molecule has 0 aromatic heterocycles. The number of hydrogen-bond donors (Lipinski definition) is 1. The second-order valence-electron chi connectivity index (χ2n) is 6.13. The molecular weight excluding hydrogens is 272 g/mol. The molecule has 0 aliphatic carbocycles. The zero-order valence-corrected chi connectivity index (χ0v) is 13.1. The highest BCUT2D eigenvalue weighted by molar-refractivity contribution is 7.89. The molecule has 0 saturated carbocycles. The Morgan fingerprint density at radius 2 is 1.85 bits per heavy atom. The third kappa shape index (κ3) is 2.88. The lowest BCUT2D eigenvalue weighted by molar-refractivity contribution is 0.390. The van der Waals surface area contributed by atoms with Gasteiger partial charge in [0.2, 0.25) is 10.0 Å². The molecule has 0 unspecified atom stereocenters. The zero-order valence-electron chi connectivity index (χ0n) is 12.3. The Bertz CT molecular complexity index is 628. The van der Waals surface area contributed by atoms with Gasteiger partial charge in [-0.2, -0.15) is 4.31 Å². The van der Waals surface area contributed by atoms with E-state index >= 15 is 0 Å². The van der Waals surface area contributed by atoms with Crippen molar-refractivity contribution in [1.29, 1.82) is 0 Å². The molecule has 1 heterocycles. The molecule has 2 N–H and O–H groups in total. The Morgan fingerprint density at radius 3 is 2.35 bits per heavy atom. The van der Waals surface area contributed by atoms with Gasteiger partial charge in [-0.05, 0) is 24.0 Å². The fraction of sp³-hybridized carbons (Fsp3) is 0.467. The van der Waals surface area contributed by atoms with Crippen LogP contribution >= 0.6 is 0 Å². The molecule has 1 aliphatic heterocycles. The summed E-state index contributed by atoms with van der Waals surface area (Å²) in [7, 11) is -3.50. The Hall–Kier alpha value is -1.33. The van der Waals surface area contributed by atoms with Crippen LogP contribution in [0.15, 0.2) is 40.8 Å². The number of sulfonamides is 1. The van der Waals surface area contributed by atoms with Crippen LogP contribution in [-0.2, 0) is 10.0 Å². The zero-order chi connectivity index (χ0) is 15.0. The highest BCUT2D eigenvalue weighted by Gasteiger charge is 2.29. The lowest BCUT2D eigenvalue weighted by Gasteiger charge is -2.31. The van der Waals surface area contributed by atoms with Crippen LogP contribution in [0.4, 0.5) is 5.69 Å². The number of nitrogens with zero attached hydrogens (tertiary/aromatic N) is 1. The first kappa shape index (κ1) is 15.1. The van der Waals surface area contributed by atoms with Crippen molar-refractivity contribution in [3.05, 3.63) is 35.9 Å². The molecule has 110 valence electrons. The normalized spacial score (nSPS) is 17.9. The van der Waals surface area contributed by atoms with E-state index in [1.807, 2.05) is 6.08 Å². The molecule has 0 saturated heterocycles. The van der Waals surface area contributed by atoms with E-state index in [1.54, 1.807) is 24.3 Å². The predicted octanol–water partition coefficient (Wildman–Crippen LogP) is 2.64. The van der Waals surface area contributed by atoms with Crippen LogP contribution in [0.2, 0.25) is 0 Å². The quantitative estimate of drug-likeness (QED) is 0.673. The van der Waals surface area contributed by atoms with Gasteiger partial charge in [-0.3, -0.25) is 0 Å². The van der Waals surface area contributed by atoms with Crippen LogP contribution < -0.4 is 5.73 Å². The number of nitrogens with two attached hydrogens (primary N) is 1. The summed E-state index contributed by atoms with van der Waals surface area (Å²) >= 11 is 0. The van der Waals surface area contributed by atoms with Crippen LogP contribution in [0.5, 0.6) is 0 Å². The van der Waals surface area contributed by atoms with Crippen molar-refractivity contribution in [1.82, 2.24) is 4.31 Å². The summed E-state index contributed by atoms with van der Waals surface area (Å²) in [5.74, 6) is 0. The minimum absolute atomic E-state index is 0.0988. The van der Waals surface area contributed by atoms with Gasteiger partial charge in [0, 0.05) is 13.1 Å². The predicted molar refractivity (Wildman–Crippen MR) is 81.8 cm³/mol. The molecule has 0 radical (unpaired) electrons. The highest BCUT2D eigenvalue weighted by atomic mass is 32.2. The van der Waals surface area contributed by atoms with Gasteiger partial charge in [-0.15, -0.1) is 0 Å². The van der Waals surface area contributed by atoms with Crippen LogP contribution in [0.3, 0.4) is 0 Å². The lowest BCUT2D eigenvalue weighted by atomic mass is 9.83. The first-order valence-electron chi connectivity index (χ1n) is 6.77. The summed E-state index contributed by atoms with van der Waals surface area (Å²) in [6, 6.07) is 6.62. The fourth-order valence-corrected chi connectivity index (χ4v) is 3.90. The molecule has 0 fully saturated rings. The summed E-state index contributed by atoms with van der Waals surface area (Å²) < 4.78 is 26.7. The topological polar surface area (TPSA) is 63.4 Å². The first-order chi connectivity index (χ1) is 9.23. The van der Waals surface area contributed by atoms with Crippen molar-refractivity contribution in [3.63, 3.8) is 0 Å². The maximum Gasteiger partial charge on any atom is 0.245 e. The van der Waals surface area contributed by atoms with Crippen molar-refractivity contribution < 1.29 is 8.42 Å². The summed E-state index contributed by atoms with van der Waals surface area (Å²) in [4.78, 5) is 0.201. The Kier molecular flexibility index (Phi) is 3.93. The third-order valence-corrected chi connectivity index (χ3v) is 5.61. The summed E-state index contributed by atoms with van der Waals surface area (Å²) in [6.07, 6.45) is 2.80. The average Bonchev–Trinajstić information content (AvgIpc) is 2.38. The fourth-order valence-electron chi connectivity index (χ4n) is 2.40. The minimum atomic E-state index is -3.50.